The highest BCUT2D eigenvalue weighted by atomic mass is 19.1. The number of ether oxygens (including phenoxy) is 2. The van der Waals surface area contributed by atoms with Gasteiger partial charge in [0.15, 0.2) is 0 Å². The van der Waals surface area contributed by atoms with Gasteiger partial charge in [0.05, 0.1) is 17.6 Å². The smallest absolute Gasteiger partial charge is 0.337 e. The van der Waals surface area contributed by atoms with Crippen molar-refractivity contribution in [2.24, 2.45) is 5.92 Å². The number of nitriles is 1. The summed E-state index contributed by atoms with van der Waals surface area (Å²) in [5.41, 5.74) is -1.26. The summed E-state index contributed by atoms with van der Waals surface area (Å²) >= 11 is 0. The van der Waals surface area contributed by atoms with Crippen LogP contribution in [0.3, 0.4) is 0 Å². The van der Waals surface area contributed by atoms with Gasteiger partial charge in [-0.05, 0) is 43.7 Å². The Balaban J connectivity index is 1.61. The third-order valence-corrected chi connectivity index (χ3v) is 6.35. The minimum absolute atomic E-state index is 0.0569. The van der Waals surface area contributed by atoms with E-state index in [-0.39, 0.29) is 12.3 Å². The molecule has 0 saturated heterocycles. The quantitative estimate of drug-likeness (QED) is 0.579. The van der Waals surface area contributed by atoms with Gasteiger partial charge in [-0.3, -0.25) is 0 Å². The van der Waals surface area contributed by atoms with Gasteiger partial charge in [-0.25, -0.2) is 9.18 Å². The van der Waals surface area contributed by atoms with Crippen LogP contribution in [0.25, 0.3) is 0 Å². The minimum Gasteiger partial charge on any atom is -0.457 e. The first-order valence-electron chi connectivity index (χ1n) is 10.7. The second-order valence-corrected chi connectivity index (χ2v) is 9.25. The fourth-order valence-corrected chi connectivity index (χ4v) is 4.54. The van der Waals surface area contributed by atoms with E-state index in [1.165, 1.54) is 12.1 Å². The van der Waals surface area contributed by atoms with Crippen LogP contribution in [0.1, 0.15) is 69.9 Å². The topological polar surface area (TPSA) is 79.5 Å². The Morgan fingerprint density at radius 2 is 1.97 bits per heavy atom. The molecule has 1 aliphatic heterocycles. The molecule has 2 aliphatic carbocycles. The molecule has 5 nitrogen and oxygen atoms in total. The van der Waals surface area contributed by atoms with Crippen molar-refractivity contribution in [2.45, 2.75) is 75.6 Å². The van der Waals surface area contributed by atoms with Crippen molar-refractivity contribution in [1.29, 1.82) is 5.26 Å². The molecule has 31 heavy (non-hydrogen) atoms. The molecule has 1 aromatic rings. The van der Waals surface area contributed by atoms with Crippen LogP contribution in [-0.2, 0) is 19.7 Å². The van der Waals surface area contributed by atoms with Crippen molar-refractivity contribution in [3.05, 3.63) is 47.0 Å². The van der Waals surface area contributed by atoms with Crippen molar-refractivity contribution in [1.82, 2.24) is 0 Å². The van der Waals surface area contributed by atoms with Crippen molar-refractivity contribution in [3.63, 3.8) is 0 Å². The monoisotopic (exact) mass is 423 g/mol. The van der Waals surface area contributed by atoms with E-state index in [2.05, 4.69) is 17.9 Å². The number of carbonyl (C=O) groups excluding carboxylic acids is 1. The van der Waals surface area contributed by atoms with Gasteiger partial charge < -0.3 is 14.6 Å². The molecule has 4 rings (SSSR count). The maximum Gasteiger partial charge on any atom is 0.337 e. The Hall–Kier alpha value is -2.83. The summed E-state index contributed by atoms with van der Waals surface area (Å²) in [4.78, 5) is 11.9. The average Bonchev–Trinajstić information content (AvgIpc) is 3.26. The lowest BCUT2D eigenvalue weighted by molar-refractivity contribution is -0.207. The zero-order chi connectivity index (χ0) is 22.3. The highest BCUT2D eigenvalue weighted by Gasteiger charge is 2.46. The second kappa shape index (κ2) is 7.70. The van der Waals surface area contributed by atoms with Gasteiger partial charge >= 0.3 is 5.97 Å². The van der Waals surface area contributed by atoms with Gasteiger partial charge in [0.1, 0.15) is 17.2 Å². The molecule has 0 aromatic heterocycles. The number of hydrogen-bond acceptors (Lipinski definition) is 5. The minimum atomic E-state index is -1.41. The van der Waals surface area contributed by atoms with E-state index in [4.69, 9.17) is 9.47 Å². The largest absolute Gasteiger partial charge is 0.457 e. The number of cyclic esters (lactones) is 1. The number of benzene rings is 1. The van der Waals surface area contributed by atoms with Crippen LogP contribution in [0.4, 0.5) is 4.39 Å². The number of esters is 1. The van der Waals surface area contributed by atoms with E-state index in [0.717, 1.165) is 25.7 Å². The van der Waals surface area contributed by atoms with E-state index in [1.807, 2.05) is 0 Å². The molecule has 0 radical (unpaired) electrons. The molecule has 1 aromatic carbocycles. The molecule has 2 saturated carbocycles. The first-order valence-corrected chi connectivity index (χ1v) is 10.7. The molecule has 2 fully saturated rings. The fourth-order valence-electron chi connectivity index (χ4n) is 4.54. The second-order valence-electron chi connectivity index (χ2n) is 9.25. The molecular weight excluding hydrogens is 397 g/mol. The summed E-state index contributed by atoms with van der Waals surface area (Å²) in [7, 11) is 0. The summed E-state index contributed by atoms with van der Waals surface area (Å²) in [6, 6.07) is 6.84. The molecule has 162 valence electrons. The van der Waals surface area contributed by atoms with Gasteiger partial charge in [-0.1, -0.05) is 30.7 Å². The molecule has 0 amide bonds. The summed E-state index contributed by atoms with van der Waals surface area (Å²) in [6.45, 7) is 3.27. The predicted octanol–water partition coefficient (Wildman–Crippen LogP) is 4.24. The molecule has 6 heteroatoms. The van der Waals surface area contributed by atoms with E-state index < -0.39 is 28.6 Å². The molecule has 0 spiro atoms. The fraction of sp³-hybridized carbons (Fsp3) is 0.520. The highest BCUT2D eigenvalue weighted by Crippen LogP contribution is 2.48. The number of carbonyl (C=O) groups is 1. The first-order chi connectivity index (χ1) is 14.6. The average molecular weight is 423 g/mol. The Morgan fingerprint density at radius 1 is 1.26 bits per heavy atom. The highest BCUT2D eigenvalue weighted by molar-refractivity contribution is 5.83. The Kier molecular flexibility index (Phi) is 5.31. The van der Waals surface area contributed by atoms with Crippen LogP contribution in [-0.4, -0.2) is 22.5 Å². The normalized spacial score (nSPS) is 23.3. The van der Waals surface area contributed by atoms with Gasteiger partial charge in [-0.15, -0.1) is 0 Å². The SMILES string of the molecule is CC1(C)OC(=O)C=C(CC(O)(C#Cc2ccc(C3(C#N)CC3)c(F)c2)C2CCCC2)O1. The van der Waals surface area contributed by atoms with Crippen LogP contribution < -0.4 is 0 Å². The first kappa shape index (κ1) is 21.4. The van der Waals surface area contributed by atoms with Crippen molar-refractivity contribution < 1.29 is 23.8 Å². The van der Waals surface area contributed by atoms with Crippen molar-refractivity contribution in [2.75, 3.05) is 0 Å². The van der Waals surface area contributed by atoms with E-state index in [9.17, 15) is 19.6 Å². The van der Waals surface area contributed by atoms with Gasteiger partial charge in [0.25, 0.3) is 0 Å². The lowest BCUT2D eigenvalue weighted by Crippen LogP contribution is -2.40. The van der Waals surface area contributed by atoms with Gasteiger partial charge in [0.2, 0.25) is 5.79 Å². The number of hydrogen-bond donors (Lipinski definition) is 1. The summed E-state index contributed by atoms with van der Waals surface area (Å²) < 4.78 is 25.5. The summed E-state index contributed by atoms with van der Waals surface area (Å²) in [5.74, 6) is 4.07. The lowest BCUT2D eigenvalue weighted by atomic mass is 9.82. The summed E-state index contributed by atoms with van der Waals surface area (Å²) in [6.07, 6.45) is 6.29. The number of nitrogens with zero attached hydrogens (tertiary/aromatic N) is 1. The van der Waals surface area contributed by atoms with Crippen molar-refractivity contribution >= 4 is 5.97 Å². The summed E-state index contributed by atoms with van der Waals surface area (Å²) in [5, 5.41) is 20.8. The Labute approximate surface area is 181 Å². The van der Waals surface area contributed by atoms with Crippen molar-refractivity contribution in [3.8, 4) is 17.9 Å². The predicted molar refractivity (Wildman–Crippen MR) is 111 cm³/mol. The number of rotatable bonds is 4. The molecule has 1 atom stereocenters. The Morgan fingerprint density at radius 3 is 2.55 bits per heavy atom. The molecule has 1 heterocycles. The van der Waals surface area contributed by atoms with Crippen LogP contribution in [0.15, 0.2) is 30.0 Å². The molecule has 1 N–H and O–H groups in total. The molecule has 1 unspecified atom stereocenters. The van der Waals surface area contributed by atoms with E-state index >= 15 is 0 Å². The third kappa shape index (κ3) is 4.45. The number of aliphatic hydroxyl groups is 1. The number of halogens is 1. The maximum atomic E-state index is 14.6. The zero-order valence-electron chi connectivity index (χ0n) is 17.8. The van der Waals surface area contributed by atoms with Crippen LogP contribution in [0, 0.1) is 34.9 Å². The zero-order valence-corrected chi connectivity index (χ0v) is 17.8. The standard InChI is InChI=1S/C25H26FNO4/c1-23(2)30-19(14-22(28)31-23)15-25(29,18-5-3-4-6-18)10-9-17-7-8-20(21(26)13-17)24(16-27)11-12-24/h7-8,13-14,18,29H,3-6,11-12,15H2,1-2H3. The molecular formula is C25H26FNO4. The van der Waals surface area contributed by atoms with E-state index in [0.29, 0.717) is 29.7 Å². The van der Waals surface area contributed by atoms with Crippen LogP contribution >= 0.6 is 0 Å². The van der Waals surface area contributed by atoms with Crippen LogP contribution in [0.2, 0.25) is 0 Å². The Bertz CT molecular complexity index is 1030. The van der Waals surface area contributed by atoms with E-state index in [1.54, 1.807) is 26.0 Å². The van der Waals surface area contributed by atoms with Gasteiger partial charge in [-0.2, -0.15) is 5.26 Å². The van der Waals surface area contributed by atoms with Crippen LogP contribution in [0.5, 0.6) is 0 Å². The third-order valence-electron chi connectivity index (χ3n) is 6.35. The maximum absolute atomic E-state index is 14.6. The lowest BCUT2D eigenvalue weighted by Gasteiger charge is -2.35. The molecule has 0 bridgehead atoms. The molecule has 3 aliphatic rings. The van der Waals surface area contributed by atoms with Gasteiger partial charge in [0, 0.05) is 31.4 Å².